The highest BCUT2D eigenvalue weighted by Gasteiger charge is 2.43. The zero-order chi connectivity index (χ0) is 11.5. The Balaban J connectivity index is 1.77. The van der Waals surface area contributed by atoms with Gasteiger partial charge in [-0.25, -0.2) is 0 Å². The molecule has 0 saturated carbocycles. The minimum atomic E-state index is -1.00. The molecule has 0 aromatic rings. The molecule has 3 atom stereocenters. The lowest BCUT2D eigenvalue weighted by molar-refractivity contribution is -0.155. The predicted octanol–water partition coefficient (Wildman–Crippen LogP) is -0.0493. The number of hydrogen-bond acceptors (Lipinski definition) is 5. The maximum atomic E-state index is 11.3. The number of carboxylic acids is 1. The third kappa shape index (κ3) is 2.51. The number of carbonyl (C=O) groups excluding carboxylic acids is 1. The molecule has 1 N–H and O–H groups in total. The summed E-state index contributed by atoms with van der Waals surface area (Å²) in [6, 6.07) is 0. The molecular formula is C10H14O6. The molecule has 2 rings (SSSR count). The van der Waals surface area contributed by atoms with Gasteiger partial charge in [-0.2, -0.15) is 0 Å². The van der Waals surface area contributed by atoms with Crippen LogP contribution in [0.2, 0.25) is 0 Å². The lowest BCUT2D eigenvalue weighted by atomic mass is 10.1. The third-order valence-corrected chi connectivity index (χ3v) is 2.75. The summed E-state index contributed by atoms with van der Waals surface area (Å²) in [5, 5.41) is 8.42. The Morgan fingerprint density at radius 3 is 2.88 bits per heavy atom. The topological polar surface area (TPSA) is 82.1 Å². The van der Waals surface area contributed by atoms with Gasteiger partial charge in [0.05, 0.1) is 25.6 Å². The van der Waals surface area contributed by atoms with Gasteiger partial charge in [0.25, 0.3) is 0 Å². The SMILES string of the molecule is O=C(O)CCC(=O)OC1CO[C@@H]2CCO[C@H]12. The first kappa shape index (κ1) is 11.3. The molecule has 6 heteroatoms. The van der Waals surface area contributed by atoms with E-state index in [1.807, 2.05) is 0 Å². The Morgan fingerprint density at radius 2 is 2.12 bits per heavy atom. The number of fused-ring (bicyclic) bond motifs is 1. The molecule has 90 valence electrons. The van der Waals surface area contributed by atoms with Gasteiger partial charge in [0.15, 0.2) is 6.10 Å². The van der Waals surface area contributed by atoms with Crippen LogP contribution < -0.4 is 0 Å². The minimum absolute atomic E-state index is 0.0253. The summed E-state index contributed by atoms with van der Waals surface area (Å²) in [4.78, 5) is 21.6. The molecule has 0 aliphatic carbocycles. The molecule has 2 fully saturated rings. The Labute approximate surface area is 92.5 Å². The minimum Gasteiger partial charge on any atom is -0.481 e. The molecule has 0 radical (unpaired) electrons. The summed E-state index contributed by atoms with van der Waals surface area (Å²) in [6.07, 6.45) is -0.0156. The third-order valence-electron chi connectivity index (χ3n) is 2.75. The van der Waals surface area contributed by atoms with E-state index in [0.29, 0.717) is 13.2 Å². The van der Waals surface area contributed by atoms with E-state index in [1.165, 1.54) is 0 Å². The molecule has 0 spiro atoms. The highest BCUT2D eigenvalue weighted by Crippen LogP contribution is 2.28. The molecule has 0 aromatic carbocycles. The molecule has 1 unspecified atom stereocenters. The van der Waals surface area contributed by atoms with E-state index in [1.54, 1.807) is 0 Å². The first-order valence-corrected chi connectivity index (χ1v) is 5.31. The van der Waals surface area contributed by atoms with Crippen LogP contribution in [0.5, 0.6) is 0 Å². The van der Waals surface area contributed by atoms with Crippen molar-refractivity contribution in [3.05, 3.63) is 0 Å². The number of hydrogen-bond donors (Lipinski definition) is 1. The highest BCUT2D eigenvalue weighted by atomic mass is 16.6. The molecule has 2 saturated heterocycles. The van der Waals surface area contributed by atoms with E-state index in [4.69, 9.17) is 19.3 Å². The summed E-state index contributed by atoms with van der Waals surface area (Å²) in [6.45, 7) is 0.965. The molecule has 6 nitrogen and oxygen atoms in total. The van der Waals surface area contributed by atoms with Gasteiger partial charge in [-0.05, 0) is 6.42 Å². The largest absolute Gasteiger partial charge is 0.481 e. The Kier molecular flexibility index (Phi) is 3.40. The standard InChI is InChI=1S/C10H14O6/c11-8(12)1-2-9(13)16-7-5-15-6-3-4-14-10(6)7/h6-7,10H,1-5H2,(H,11,12)/t6-,7?,10+/m1/s1. The highest BCUT2D eigenvalue weighted by molar-refractivity contribution is 5.76. The van der Waals surface area contributed by atoms with E-state index < -0.39 is 11.9 Å². The smallest absolute Gasteiger partial charge is 0.306 e. The van der Waals surface area contributed by atoms with Gasteiger partial charge in [0, 0.05) is 6.61 Å². The summed E-state index contributed by atoms with van der Waals surface area (Å²) >= 11 is 0. The summed E-state index contributed by atoms with van der Waals surface area (Å²) in [5.41, 5.74) is 0. The van der Waals surface area contributed by atoms with Crippen LogP contribution in [-0.4, -0.2) is 48.6 Å². The van der Waals surface area contributed by atoms with Crippen molar-refractivity contribution in [2.45, 2.75) is 37.6 Å². The summed E-state index contributed by atoms with van der Waals surface area (Å²) in [7, 11) is 0. The Hall–Kier alpha value is -1.14. The number of rotatable bonds is 4. The fraction of sp³-hybridized carbons (Fsp3) is 0.800. The molecule has 2 aliphatic rings. The normalized spacial score (nSPS) is 32.4. The second-order valence-electron chi connectivity index (χ2n) is 3.92. The van der Waals surface area contributed by atoms with Crippen LogP contribution in [0.3, 0.4) is 0 Å². The number of ether oxygens (including phenoxy) is 3. The van der Waals surface area contributed by atoms with E-state index in [-0.39, 0.29) is 31.2 Å². The number of carbonyl (C=O) groups is 2. The van der Waals surface area contributed by atoms with Crippen molar-refractivity contribution in [3.8, 4) is 0 Å². The fourth-order valence-corrected chi connectivity index (χ4v) is 1.97. The van der Waals surface area contributed by atoms with Crippen LogP contribution in [0.1, 0.15) is 19.3 Å². The van der Waals surface area contributed by atoms with Crippen molar-refractivity contribution in [1.29, 1.82) is 0 Å². The van der Waals surface area contributed by atoms with Gasteiger partial charge in [-0.1, -0.05) is 0 Å². The second-order valence-corrected chi connectivity index (χ2v) is 3.92. The number of esters is 1. The van der Waals surface area contributed by atoms with Gasteiger partial charge in [0.2, 0.25) is 0 Å². The molecule has 2 heterocycles. The average Bonchev–Trinajstić information content (AvgIpc) is 2.80. The zero-order valence-corrected chi connectivity index (χ0v) is 8.76. The van der Waals surface area contributed by atoms with Crippen molar-refractivity contribution in [2.75, 3.05) is 13.2 Å². The van der Waals surface area contributed by atoms with Crippen molar-refractivity contribution in [2.24, 2.45) is 0 Å². The Bertz CT molecular complexity index is 289. The van der Waals surface area contributed by atoms with E-state index in [0.717, 1.165) is 6.42 Å². The Morgan fingerprint density at radius 1 is 1.31 bits per heavy atom. The quantitative estimate of drug-likeness (QED) is 0.682. The van der Waals surface area contributed by atoms with Crippen LogP contribution in [-0.2, 0) is 23.8 Å². The maximum Gasteiger partial charge on any atom is 0.306 e. The molecule has 2 aliphatic heterocycles. The zero-order valence-electron chi connectivity index (χ0n) is 8.76. The molecule has 16 heavy (non-hydrogen) atoms. The van der Waals surface area contributed by atoms with Crippen molar-refractivity contribution in [1.82, 2.24) is 0 Å². The van der Waals surface area contributed by atoms with E-state index in [9.17, 15) is 9.59 Å². The van der Waals surface area contributed by atoms with Crippen LogP contribution in [0.25, 0.3) is 0 Å². The predicted molar refractivity (Wildman–Crippen MR) is 50.8 cm³/mol. The van der Waals surface area contributed by atoms with Gasteiger partial charge < -0.3 is 19.3 Å². The lowest BCUT2D eigenvalue weighted by Crippen LogP contribution is -2.32. The van der Waals surface area contributed by atoms with Gasteiger partial charge in [-0.15, -0.1) is 0 Å². The number of carboxylic acid groups (broad SMARTS) is 1. The molecule has 0 aromatic heterocycles. The van der Waals surface area contributed by atoms with Crippen LogP contribution >= 0.6 is 0 Å². The van der Waals surface area contributed by atoms with Gasteiger partial charge >= 0.3 is 11.9 Å². The lowest BCUT2D eigenvalue weighted by Gasteiger charge is -2.16. The summed E-state index contributed by atoms with van der Waals surface area (Å²) in [5.74, 6) is -1.51. The monoisotopic (exact) mass is 230 g/mol. The van der Waals surface area contributed by atoms with Crippen LogP contribution in [0.15, 0.2) is 0 Å². The van der Waals surface area contributed by atoms with Crippen molar-refractivity contribution < 1.29 is 28.9 Å². The van der Waals surface area contributed by atoms with Crippen molar-refractivity contribution in [3.63, 3.8) is 0 Å². The summed E-state index contributed by atoms with van der Waals surface area (Å²) < 4.78 is 15.9. The van der Waals surface area contributed by atoms with Crippen LogP contribution in [0.4, 0.5) is 0 Å². The van der Waals surface area contributed by atoms with E-state index in [2.05, 4.69) is 0 Å². The second kappa shape index (κ2) is 4.80. The van der Waals surface area contributed by atoms with Gasteiger partial charge in [-0.3, -0.25) is 9.59 Å². The van der Waals surface area contributed by atoms with Gasteiger partial charge in [0.1, 0.15) is 6.10 Å². The van der Waals surface area contributed by atoms with E-state index >= 15 is 0 Å². The average molecular weight is 230 g/mol. The number of aliphatic carboxylic acids is 1. The van der Waals surface area contributed by atoms with Crippen LogP contribution in [0, 0.1) is 0 Å². The fourth-order valence-electron chi connectivity index (χ4n) is 1.97. The first-order chi connectivity index (χ1) is 7.66. The maximum absolute atomic E-state index is 11.3. The molecule has 0 bridgehead atoms. The van der Waals surface area contributed by atoms with Crippen molar-refractivity contribution >= 4 is 11.9 Å². The first-order valence-electron chi connectivity index (χ1n) is 5.31. The molecule has 0 amide bonds. The molecular weight excluding hydrogens is 216 g/mol.